The first-order valence-electron chi connectivity index (χ1n) is 8.54. The van der Waals surface area contributed by atoms with Gasteiger partial charge in [0.05, 0.1) is 18.6 Å². The molecule has 0 aliphatic rings. The number of carbonyl (C=O) groups is 2. The van der Waals surface area contributed by atoms with Crippen molar-refractivity contribution in [2.24, 2.45) is 0 Å². The minimum absolute atomic E-state index is 0. The van der Waals surface area contributed by atoms with Gasteiger partial charge in [0.25, 0.3) is 0 Å². The Morgan fingerprint density at radius 1 is 0.833 bits per heavy atom. The van der Waals surface area contributed by atoms with Crippen molar-refractivity contribution in [3.63, 3.8) is 0 Å². The van der Waals surface area contributed by atoms with Crippen molar-refractivity contribution in [3.8, 4) is 0 Å². The van der Waals surface area contributed by atoms with E-state index in [1.807, 2.05) is 0 Å². The van der Waals surface area contributed by atoms with Crippen LogP contribution >= 0.6 is 0 Å². The van der Waals surface area contributed by atoms with E-state index in [-0.39, 0.29) is 11.9 Å². The Bertz CT molecular complexity index is 436. The van der Waals surface area contributed by atoms with Gasteiger partial charge in [-0.25, -0.2) is 0 Å². The maximum Gasteiger partial charge on any atom is 0.322 e. The first-order chi connectivity index (χ1) is 10.9. The van der Waals surface area contributed by atoms with E-state index in [4.69, 9.17) is 5.11 Å². The van der Waals surface area contributed by atoms with E-state index < -0.39 is 34.9 Å². The molecule has 7 nitrogen and oxygen atoms in total. The maximum absolute atomic E-state index is 11.5. The molecule has 144 valence electrons. The fourth-order valence-corrected chi connectivity index (χ4v) is 3.21. The quantitative estimate of drug-likeness (QED) is 0.332. The molecule has 0 spiro atoms. The zero-order valence-corrected chi connectivity index (χ0v) is 15.6. The lowest BCUT2D eigenvalue weighted by atomic mass is 10.1. The van der Waals surface area contributed by atoms with E-state index in [2.05, 4.69) is 11.1 Å². The Morgan fingerprint density at radius 3 is 1.75 bits per heavy atom. The molecule has 0 saturated carbocycles. The Labute approximate surface area is 145 Å². The van der Waals surface area contributed by atoms with Crippen LogP contribution in [-0.4, -0.2) is 31.2 Å². The first-order valence-corrected chi connectivity index (χ1v) is 10.1. The fraction of sp³-hybridized carbons (Fsp3) is 0.875. The summed E-state index contributed by atoms with van der Waals surface area (Å²) in [6.45, 7) is 2.19. The van der Waals surface area contributed by atoms with E-state index in [1.165, 1.54) is 38.5 Å². The van der Waals surface area contributed by atoms with E-state index in [0.29, 0.717) is 6.42 Å². The highest BCUT2D eigenvalue weighted by Gasteiger charge is 2.17. The van der Waals surface area contributed by atoms with Crippen LogP contribution in [0, 0.1) is 0 Å². The van der Waals surface area contributed by atoms with Crippen molar-refractivity contribution in [2.75, 3.05) is 5.75 Å². The number of rotatable bonds is 15. The minimum atomic E-state index is -3.88. The largest absolute Gasteiger partial charge is 0.481 e. The summed E-state index contributed by atoms with van der Waals surface area (Å²) in [7, 11) is -3.88. The Morgan fingerprint density at radius 2 is 1.29 bits per heavy atom. The van der Waals surface area contributed by atoms with Crippen LogP contribution in [0.15, 0.2) is 0 Å². The average Bonchev–Trinajstić information content (AvgIpc) is 2.46. The van der Waals surface area contributed by atoms with Gasteiger partial charge in [0.1, 0.15) is 0 Å². The second-order valence-corrected chi connectivity index (χ2v) is 7.48. The number of hydrogen-bond donors (Lipinski definition) is 2. The second kappa shape index (κ2) is 15.4. The summed E-state index contributed by atoms with van der Waals surface area (Å²) in [6.07, 6.45) is 10.0. The van der Waals surface area contributed by atoms with Crippen LogP contribution < -0.4 is 6.15 Å². The molecule has 0 aromatic carbocycles. The van der Waals surface area contributed by atoms with Crippen molar-refractivity contribution in [1.82, 2.24) is 6.15 Å². The van der Waals surface area contributed by atoms with E-state index in [9.17, 15) is 18.0 Å². The van der Waals surface area contributed by atoms with Gasteiger partial charge in [-0.3, -0.25) is 9.59 Å². The van der Waals surface area contributed by atoms with Gasteiger partial charge in [0.15, 0.2) is 0 Å². The van der Waals surface area contributed by atoms with E-state index >= 15 is 0 Å². The van der Waals surface area contributed by atoms with Crippen LogP contribution in [0.2, 0.25) is 0 Å². The summed E-state index contributed by atoms with van der Waals surface area (Å²) < 4.78 is 27.4. The van der Waals surface area contributed by atoms with Crippen LogP contribution in [-0.2, 0) is 23.9 Å². The van der Waals surface area contributed by atoms with Gasteiger partial charge < -0.3 is 15.4 Å². The van der Waals surface area contributed by atoms with Gasteiger partial charge in [-0.2, -0.15) is 8.42 Å². The Kier molecular flexibility index (Phi) is 16.1. The Balaban J connectivity index is 0. The number of carboxylic acids is 1. The number of carbonyl (C=O) groups excluding carboxylic acids is 1. The number of unbranched alkanes of at least 4 members (excludes halogenated alkanes) is 9. The van der Waals surface area contributed by atoms with Crippen molar-refractivity contribution in [2.45, 2.75) is 84.0 Å². The number of hydrogen-bond acceptors (Lipinski definition) is 6. The third kappa shape index (κ3) is 17.2. The van der Waals surface area contributed by atoms with E-state index in [0.717, 1.165) is 19.3 Å². The van der Waals surface area contributed by atoms with Crippen molar-refractivity contribution < 1.29 is 27.3 Å². The van der Waals surface area contributed by atoms with Gasteiger partial charge in [-0.1, -0.05) is 64.7 Å². The molecule has 0 bridgehead atoms. The lowest BCUT2D eigenvalue weighted by Gasteiger charge is -2.05. The molecule has 0 atom stereocenters. The third-order valence-corrected chi connectivity index (χ3v) is 4.74. The predicted molar refractivity (Wildman–Crippen MR) is 93.6 cm³/mol. The lowest BCUT2D eigenvalue weighted by molar-refractivity contribution is -0.142. The van der Waals surface area contributed by atoms with Crippen molar-refractivity contribution in [3.05, 3.63) is 0 Å². The highest BCUT2D eigenvalue weighted by atomic mass is 32.2. The van der Waals surface area contributed by atoms with Gasteiger partial charge in [0, 0.05) is 0 Å². The van der Waals surface area contributed by atoms with Crippen molar-refractivity contribution >= 4 is 22.1 Å². The topological polar surface area (TPSA) is 133 Å². The molecule has 8 heteroatoms. The normalized spacial score (nSPS) is 10.9. The van der Waals surface area contributed by atoms with Gasteiger partial charge in [-0.15, -0.1) is 0 Å². The summed E-state index contributed by atoms with van der Waals surface area (Å²) in [6, 6.07) is 0. The second-order valence-electron chi connectivity index (χ2n) is 5.79. The molecule has 0 unspecified atom stereocenters. The minimum Gasteiger partial charge on any atom is -0.481 e. The summed E-state index contributed by atoms with van der Waals surface area (Å²) in [5, 5.41) is 8.41. The molecule has 4 N–H and O–H groups in total. The maximum atomic E-state index is 11.5. The molecule has 0 aromatic rings. The zero-order chi connectivity index (χ0) is 17.6. The molecule has 0 aliphatic carbocycles. The highest BCUT2D eigenvalue weighted by Crippen LogP contribution is 2.11. The van der Waals surface area contributed by atoms with Crippen LogP contribution in [0.5, 0.6) is 0 Å². The first kappa shape index (κ1) is 25.1. The van der Waals surface area contributed by atoms with Gasteiger partial charge in [-0.05, 0) is 6.42 Å². The number of aliphatic carboxylic acids is 1. The molecule has 0 heterocycles. The molecule has 0 radical (unpaired) electrons. The predicted octanol–water partition coefficient (Wildman–Crippen LogP) is 3.81. The smallest absolute Gasteiger partial charge is 0.322 e. The molecule has 0 saturated heterocycles. The van der Waals surface area contributed by atoms with E-state index in [1.54, 1.807) is 0 Å². The van der Waals surface area contributed by atoms with Gasteiger partial charge in [0.2, 0.25) is 0 Å². The van der Waals surface area contributed by atoms with Crippen LogP contribution in [0.3, 0.4) is 0 Å². The van der Waals surface area contributed by atoms with Crippen LogP contribution in [0.1, 0.15) is 84.0 Å². The molecule has 0 amide bonds. The SMILES string of the molecule is CCCCCCCCCCCCS(=O)(=O)OC(=O)CCC(=O)O.N. The van der Waals surface area contributed by atoms with Crippen LogP contribution in [0.25, 0.3) is 0 Å². The molecule has 0 aliphatic heterocycles. The zero-order valence-electron chi connectivity index (χ0n) is 14.8. The summed E-state index contributed by atoms with van der Waals surface area (Å²) >= 11 is 0. The lowest BCUT2D eigenvalue weighted by Crippen LogP contribution is -2.17. The van der Waals surface area contributed by atoms with Crippen molar-refractivity contribution in [1.29, 1.82) is 0 Å². The Hall–Kier alpha value is -1.15. The monoisotopic (exact) mass is 367 g/mol. The van der Waals surface area contributed by atoms with Gasteiger partial charge >= 0.3 is 22.1 Å². The molecular weight excluding hydrogens is 334 g/mol. The molecule has 0 fully saturated rings. The summed E-state index contributed by atoms with van der Waals surface area (Å²) in [5.74, 6) is -2.35. The molecule has 0 rings (SSSR count). The highest BCUT2D eigenvalue weighted by molar-refractivity contribution is 7.87. The van der Waals surface area contributed by atoms with Crippen LogP contribution in [0.4, 0.5) is 0 Å². The molecular formula is C16H33NO6S. The molecule has 24 heavy (non-hydrogen) atoms. The summed E-state index contributed by atoms with van der Waals surface area (Å²) in [4.78, 5) is 21.5. The molecule has 0 aromatic heterocycles. The average molecular weight is 368 g/mol. The standard InChI is InChI=1S/C16H30O6S.H3N/c1-2-3-4-5-6-7-8-9-10-11-14-23(20,21)22-16(19)13-12-15(17)18;/h2-14H2,1H3,(H,17,18);1H3. The third-order valence-electron chi connectivity index (χ3n) is 3.51. The number of carboxylic acid groups (broad SMARTS) is 1. The summed E-state index contributed by atoms with van der Waals surface area (Å²) in [5.41, 5.74) is 0. The fourth-order valence-electron chi connectivity index (χ4n) is 2.20.